The van der Waals surface area contributed by atoms with Crippen LogP contribution in [0, 0.1) is 21.3 Å². The summed E-state index contributed by atoms with van der Waals surface area (Å²) in [6.45, 7) is 17.1. The highest BCUT2D eigenvalue weighted by molar-refractivity contribution is 5.57. The summed E-state index contributed by atoms with van der Waals surface area (Å²) < 4.78 is 1.25. The highest BCUT2D eigenvalue weighted by Crippen LogP contribution is 2.19. The van der Waals surface area contributed by atoms with E-state index in [4.69, 9.17) is 11.5 Å². The summed E-state index contributed by atoms with van der Waals surface area (Å²) in [6.07, 6.45) is 2.36. The van der Waals surface area contributed by atoms with Crippen LogP contribution >= 0.6 is 0 Å². The summed E-state index contributed by atoms with van der Waals surface area (Å²) in [5.41, 5.74) is 18.2. The van der Waals surface area contributed by atoms with Crippen LogP contribution in [0.1, 0.15) is 30.9 Å². The second-order valence-corrected chi connectivity index (χ2v) is 9.37. The number of likely N-dealkylation sites (N-methyl/N-ethyl adjacent to an activating group) is 1. The van der Waals surface area contributed by atoms with Gasteiger partial charge in [-0.3, -0.25) is 4.90 Å². The Kier molecular flexibility index (Phi) is 10.3. The van der Waals surface area contributed by atoms with Crippen LogP contribution in [0.25, 0.3) is 0 Å². The van der Waals surface area contributed by atoms with Gasteiger partial charge in [0.2, 0.25) is 0 Å². The monoisotopic (exact) mass is 454 g/mol. The number of nitrogens with two attached hydrogens (primary N) is 2. The maximum Gasteiger partial charge on any atom is 0.0916 e. The SMILES string of the molecule is CC[N+]1(CCCNc2ccc(N)c(C)c2)CCN(CCCNc2ccc(N)c(C)c2)CC1.[CH3-]. The van der Waals surface area contributed by atoms with Crippen molar-refractivity contribution in [2.75, 3.05) is 81.0 Å². The molecule has 0 aliphatic carbocycles. The van der Waals surface area contributed by atoms with Crippen molar-refractivity contribution < 1.29 is 4.48 Å². The summed E-state index contributed by atoms with van der Waals surface area (Å²) >= 11 is 0. The maximum absolute atomic E-state index is 5.92. The van der Waals surface area contributed by atoms with Gasteiger partial charge in [-0.2, -0.15) is 0 Å². The van der Waals surface area contributed by atoms with Crippen molar-refractivity contribution in [3.63, 3.8) is 0 Å². The number of nitrogen functional groups attached to an aromatic ring is 2. The molecule has 6 nitrogen and oxygen atoms in total. The molecule has 1 aliphatic rings. The van der Waals surface area contributed by atoms with E-state index in [0.29, 0.717) is 0 Å². The molecule has 0 aromatic heterocycles. The number of rotatable bonds is 11. The van der Waals surface area contributed by atoms with Crippen molar-refractivity contribution in [2.45, 2.75) is 33.6 Å². The number of anilines is 4. The van der Waals surface area contributed by atoms with E-state index in [0.717, 1.165) is 35.6 Å². The van der Waals surface area contributed by atoms with Gasteiger partial charge in [0.1, 0.15) is 0 Å². The Hall–Kier alpha value is -2.44. The Morgan fingerprint density at radius 3 is 1.85 bits per heavy atom. The second-order valence-electron chi connectivity index (χ2n) is 9.37. The minimum Gasteiger partial charge on any atom is -0.399 e. The Morgan fingerprint density at radius 1 is 0.848 bits per heavy atom. The molecule has 2 aromatic carbocycles. The third kappa shape index (κ3) is 7.83. The van der Waals surface area contributed by atoms with Gasteiger partial charge in [-0.1, -0.05) is 0 Å². The van der Waals surface area contributed by atoms with Crippen molar-refractivity contribution in [3.8, 4) is 0 Å². The molecule has 0 bridgehead atoms. The number of piperazine rings is 1. The lowest BCUT2D eigenvalue weighted by Gasteiger charge is -2.44. The molecular formula is C27H46N6. The molecule has 2 aromatic rings. The van der Waals surface area contributed by atoms with Gasteiger partial charge < -0.3 is 34.0 Å². The smallest absolute Gasteiger partial charge is 0.0916 e. The minimum absolute atomic E-state index is 0. The zero-order valence-electron chi connectivity index (χ0n) is 21.3. The Bertz CT molecular complexity index is 858. The van der Waals surface area contributed by atoms with Crippen molar-refractivity contribution in [2.24, 2.45) is 0 Å². The standard InChI is InChI=1S/C26H43N6.CH3/c1-4-32(16-6-12-30-24-8-10-26(28)22(3)20-24)17-14-31(15-18-32)13-5-11-29-23-7-9-25(27)21(2)19-23;/h7-10,19-20,29-30H,4-6,11-18,27-28H2,1-3H3;1H3/q+1;-1. The Balaban J connectivity index is 0.00000385. The zero-order chi connectivity index (χ0) is 23.0. The molecular weight excluding hydrogens is 408 g/mol. The number of aryl methyl sites for hydroxylation is 2. The predicted molar refractivity (Wildman–Crippen MR) is 146 cm³/mol. The minimum atomic E-state index is 0. The van der Waals surface area contributed by atoms with Gasteiger partial charge in [0, 0.05) is 61.9 Å². The molecule has 0 radical (unpaired) electrons. The Morgan fingerprint density at radius 2 is 1.36 bits per heavy atom. The zero-order valence-corrected chi connectivity index (χ0v) is 21.3. The molecule has 3 rings (SSSR count). The first-order chi connectivity index (χ1) is 15.4. The van der Waals surface area contributed by atoms with E-state index >= 15 is 0 Å². The number of benzene rings is 2. The number of nitrogens with zero attached hydrogens (tertiary/aromatic N) is 2. The van der Waals surface area contributed by atoms with E-state index in [1.165, 1.54) is 74.5 Å². The summed E-state index contributed by atoms with van der Waals surface area (Å²) in [6, 6.07) is 12.4. The van der Waals surface area contributed by atoms with E-state index in [9.17, 15) is 0 Å². The molecule has 0 saturated carbocycles. The van der Waals surface area contributed by atoms with Crippen LogP contribution in [0.4, 0.5) is 22.7 Å². The molecule has 0 atom stereocenters. The summed E-state index contributed by atoms with van der Waals surface area (Å²) in [5.74, 6) is 0. The van der Waals surface area contributed by atoms with Crippen molar-refractivity contribution in [1.82, 2.24) is 4.90 Å². The topological polar surface area (TPSA) is 79.3 Å². The van der Waals surface area contributed by atoms with Crippen LogP contribution in [0.15, 0.2) is 36.4 Å². The molecule has 1 fully saturated rings. The van der Waals surface area contributed by atoms with Crippen molar-refractivity contribution in [3.05, 3.63) is 55.0 Å². The van der Waals surface area contributed by atoms with E-state index in [2.05, 4.69) is 60.6 Å². The highest BCUT2D eigenvalue weighted by Gasteiger charge is 2.30. The first kappa shape index (κ1) is 26.8. The van der Waals surface area contributed by atoms with Crippen molar-refractivity contribution >= 4 is 22.7 Å². The molecule has 0 unspecified atom stereocenters. The van der Waals surface area contributed by atoms with Gasteiger partial charge in [0.05, 0.1) is 26.2 Å². The fraction of sp³-hybridized carbons (Fsp3) is 0.519. The fourth-order valence-corrected chi connectivity index (χ4v) is 4.61. The van der Waals surface area contributed by atoms with E-state index in [1.54, 1.807) is 0 Å². The van der Waals surface area contributed by atoms with Crippen LogP contribution in [0.5, 0.6) is 0 Å². The van der Waals surface area contributed by atoms with Crippen LogP contribution in [-0.2, 0) is 0 Å². The van der Waals surface area contributed by atoms with Gasteiger partial charge >= 0.3 is 0 Å². The third-order valence-corrected chi connectivity index (χ3v) is 7.11. The van der Waals surface area contributed by atoms with Crippen LogP contribution in [0.2, 0.25) is 0 Å². The third-order valence-electron chi connectivity index (χ3n) is 7.11. The molecule has 1 heterocycles. The predicted octanol–water partition coefficient (Wildman–Crippen LogP) is 4.37. The normalized spacial score (nSPS) is 15.6. The maximum atomic E-state index is 5.92. The van der Waals surface area contributed by atoms with E-state index in [-0.39, 0.29) is 7.43 Å². The highest BCUT2D eigenvalue weighted by atomic mass is 15.4. The Labute approximate surface area is 201 Å². The summed E-state index contributed by atoms with van der Waals surface area (Å²) in [4.78, 5) is 2.64. The number of hydrogen-bond donors (Lipinski definition) is 4. The molecule has 33 heavy (non-hydrogen) atoms. The molecule has 0 amide bonds. The largest absolute Gasteiger partial charge is 0.399 e. The number of hydrogen-bond acceptors (Lipinski definition) is 5. The molecule has 0 spiro atoms. The number of quaternary nitrogens is 1. The molecule has 184 valence electrons. The van der Waals surface area contributed by atoms with E-state index < -0.39 is 0 Å². The average molecular weight is 455 g/mol. The lowest BCUT2D eigenvalue weighted by Crippen LogP contribution is -2.60. The number of nitrogens with one attached hydrogen (secondary N) is 2. The van der Waals surface area contributed by atoms with Gasteiger partial charge in [0.25, 0.3) is 0 Å². The second kappa shape index (κ2) is 12.7. The first-order valence-electron chi connectivity index (χ1n) is 12.2. The lowest BCUT2D eigenvalue weighted by molar-refractivity contribution is -0.930. The lowest BCUT2D eigenvalue weighted by atomic mass is 10.1. The summed E-state index contributed by atoms with van der Waals surface area (Å²) in [5, 5.41) is 7.10. The van der Waals surface area contributed by atoms with E-state index in [1.807, 2.05) is 12.1 Å². The fourth-order valence-electron chi connectivity index (χ4n) is 4.61. The van der Waals surface area contributed by atoms with Gasteiger partial charge in [-0.05, 0) is 74.7 Å². The van der Waals surface area contributed by atoms with Crippen LogP contribution < -0.4 is 22.1 Å². The van der Waals surface area contributed by atoms with Gasteiger partial charge in [0.15, 0.2) is 0 Å². The summed E-state index contributed by atoms with van der Waals surface area (Å²) in [7, 11) is 0. The first-order valence-corrected chi connectivity index (χ1v) is 12.2. The van der Waals surface area contributed by atoms with Gasteiger partial charge in [-0.25, -0.2) is 0 Å². The van der Waals surface area contributed by atoms with Gasteiger partial charge in [-0.15, -0.1) is 0 Å². The van der Waals surface area contributed by atoms with Crippen molar-refractivity contribution in [1.29, 1.82) is 0 Å². The molecule has 6 heteroatoms. The average Bonchev–Trinajstić information content (AvgIpc) is 2.80. The van der Waals surface area contributed by atoms with Crippen LogP contribution in [0.3, 0.4) is 0 Å². The molecule has 1 saturated heterocycles. The van der Waals surface area contributed by atoms with Crippen LogP contribution in [-0.4, -0.2) is 68.3 Å². The molecule has 6 N–H and O–H groups in total. The quantitative estimate of drug-likeness (QED) is 0.175. The molecule has 1 aliphatic heterocycles.